The van der Waals surface area contributed by atoms with Gasteiger partial charge in [0.15, 0.2) is 5.75 Å². The van der Waals surface area contributed by atoms with Crippen LogP contribution in [0.4, 0.5) is 17.1 Å². The van der Waals surface area contributed by atoms with Gasteiger partial charge in [-0.15, -0.1) is 10.2 Å². The summed E-state index contributed by atoms with van der Waals surface area (Å²) in [6.45, 7) is 1.81. The average molecular weight is 545 g/mol. The third kappa shape index (κ3) is 6.14. The van der Waals surface area contributed by atoms with E-state index in [1.165, 1.54) is 19.2 Å². The number of amides is 1. The van der Waals surface area contributed by atoms with Gasteiger partial charge in [0.2, 0.25) is 0 Å². The molecule has 10 nitrogen and oxygen atoms in total. The number of rotatable bonds is 7. The predicted octanol–water partition coefficient (Wildman–Crippen LogP) is 5.40. The second-order valence-corrected chi connectivity index (χ2v) is 9.41. The molecule has 0 unspecified atom stereocenters. The Kier molecular flexibility index (Phi) is 9.13. The molecule has 0 spiro atoms. The number of aryl methyl sites for hydroxylation is 1. The molecule has 1 radical (unpaired) electrons. The number of aromatic hydroxyl groups is 1. The summed E-state index contributed by atoms with van der Waals surface area (Å²) in [5, 5.41) is 23.2. The molecule has 4 rings (SSSR count). The van der Waals surface area contributed by atoms with E-state index in [4.69, 9.17) is 9.47 Å². The summed E-state index contributed by atoms with van der Waals surface area (Å²) >= 11 is 0. The fourth-order valence-corrected chi connectivity index (χ4v) is 4.20. The maximum absolute atomic E-state index is 13.2. The van der Waals surface area contributed by atoms with Crippen LogP contribution in [0, 0.1) is 6.92 Å². The van der Waals surface area contributed by atoms with Gasteiger partial charge in [0.25, 0.3) is 16.0 Å². The van der Waals surface area contributed by atoms with Crippen molar-refractivity contribution in [3.8, 4) is 17.2 Å². The summed E-state index contributed by atoms with van der Waals surface area (Å²) in [4.78, 5) is 12.8. The van der Waals surface area contributed by atoms with Crippen molar-refractivity contribution < 1.29 is 32.3 Å². The van der Waals surface area contributed by atoms with Gasteiger partial charge in [0, 0.05) is 40.6 Å². The standard InChI is InChI=1S/C26H23N3O7S.Na/c1-15-12-17(35-2)8-10-21(15)27-26(31)20-13-16-6-4-5-7-19(16)24(25(20)30)29-28-22-14-18(37(32,33)34)9-11-23(22)36-3;/h4-14,30H,1-3H3,(H,27,31)(H,32,33,34);. The van der Waals surface area contributed by atoms with Crippen LogP contribution in [0.15, 0.2) is 81.9 Å². The van der Waals surface area contributed by atoms with E-state index in [0.29, 0.717) is 22.2 Å². The Morgan fingerprint density at radius 1 is 0.947 bits per heavy atom. The Balaban J connectivity index is 0.00000400. The molecule has 1 amide bonds. The number of hydrogen-bond acceptors (Lipinski definition) is 8. The van der Waals surface area contributed by atoms with Crippen molar-refractivity contribution in [3.63, 3.8) is 0 Å². The maximum Gasteiger partial charge on any atom is 0.294 e. The number of ether oxygens (including phenoxy) is 2. The van der Waals surface area contributed by atoms with Crippen molar-refractivity contribution >= 4 is 73.4 Å². The zero-order valence-corrected chi connectivity index (χ0v) is 23.9. The molecule has 0 aliphatic carbocycles. The molecule has 0 saturated heterocycles. The van der Waals surface area contributed by atoms with Gasteiger partial charge in [-0.25, -0.2) is 0 Å². The molecule has 191 valence electrons. The van der Waals surface area contributed by atoms with E-state index in [1.807, 2.05) is 6.92 Å². The van der Waals surface area contributed by atoms with Crippen molar-refractivity contribution in [2.24, 2.45) is 10.2 Å². The number of azo groups is 1. The van der Waals surface area contributed by atoms with Gasteiger partial charge in [-0.05, 0) is 60.3 Å². The van der Waals surface area contributed by atoms with Crippen LogP contribution >= 0.6 is 0 Å². The monoisotopic (exact) mass is 544 g/mol. The molecule has 4 aromatic rings. The first-order chi connectivity index (χ1) is 17.6. The number of carbonyl (C=O) groups is 1. The molecule has 0 saturated carbocycles. The van der Waals surface area contributed by atoms with Crippen LogP contribution in [0.5, 0.6) is 17.2 Å². The van der Waals surface area contributed by atoms with Crippen molar-refractivity contribution in [3.05, 3.63) is 77.9 Å². The summed E-state index contributed by atoms with van der Waals surface area (Å²) in [6.07, 6.45) is 0. The van der Waals surface area contributed by atoms with Crippen LogP contribution in [0.3, 0.4) is 0 Å². The van der Waals surface area contributed by atoms with Crippen LogP contribution in [-0.2, 0) is 10.1 Å². The second-order valence-electron chi connectivity index (χ2n) is 7.99. The third-order valence-electron chi connectivity index (χ3n) is 5.63. The van der Waals surface area contributed by atoms with Gasteiger partial charge in [0.05, 0.1) is 24.7 Å². The minimum atomic E-state index is -4.50. The quantitative estimate of drug-likeness (QED) is 0.160. The fourth-order valence-electron chi connectivity index (χ4n) is 3.70. The largest absolute Gasteiger partial charge is 0.505 e. The molecule has 3 N–H and O–H groups in total. The minimum absolute atomic E-state index is 0. The number of phenolic OH excluding ortho intramolecular Hbond substituents is 1. The van der Waals surface area contributed by atoms with E-state index in [1.54, 1.807) is 49.6 Å². The summed E-state index contributed by atoms with van der Waals surface area (Å²) in [5.41, 5.74) is 1.24. The molecule has 0 aromatic heterocycles. The zero-order chi connectivity index (χ0) is 26.7. The Hall–Kier alpha value is -3.48. The topological polar surface area (TPSA) is 147 Å². The van der Waals surface area contributed by atoms with Gasteiger partial charge in [0.1, 0.15) is 22.9 Å². The molecule has 38 heavy (non-hydrogen) atoms. The molecule has 12 heteroatoms. The number of nitrogens with zero attached hydrogens (tertiary/aromatic N) is 2. The average Bonchev–Trinajstić information content (AvgIpc) is 2.88. The van der Waals surface area contributed by atoms with Crippen molar-refractivity contribution in [1.29, 1.82) is 0 Å². The van der Waals surface area contributed by atoms with Crippen LogP contribution in [0.25, 0.3) is 10.8 Å². The Bertz CT molecular complexity index is 1660. The van der Waals surface area contributed by atoms with Crippen LogP contribution in [0.2, 0.25) is 0 Å². The summed E-state index contributed by atoms with van der Waals surface area (Å²) in [7, 11) is -1.59. The Labute approximate surface area is 241 Å². The zero-order valence-electron chi connectivity index (χ0n) is 21.1. The molecule has 0 atom stereocenters. The first-order valence-corrected chi connectivity index (χ1v) is 12.3. The van der Waals surface area contributed by atoms with Crippen LogP contribution in [0.1, 0.15) is 15.9 Å². The number of phenols is 1. The second kappa shape index (κ2) is 11.9. The van der Waals surface area contributed by atoms with Gasteiger partial charge in [-0.3, -0.25) is 9.35 Å². The predicted molar refractivity (Wildman–Crippen MR) is 144 cm³/mol. The number of nitrogens with one attached hydrogen (secondary N) is 1. The van der Waals surface area contributed by atoms with Gasteiger partial charge in [-0.1, -0.05) is 24.3 Å². The smallest absolute Gasteiger partial charge is 0.294 e. The van der Waals surface area contributed by atoms with E-state index in [9.17, 15) is 22.9 Å². The van der Waals surface area contributed by atoms with Gasteiger partial charge >= 0.3 is 0 Å². The number of methoxy groups -OCH3 is 2. The number of fused-ring (bicyclic) bond motifs is 1. The van der Waals surface area contributed by atoms with Gasteiger partial charge in [-0.2, -0.15) is 8.42 Å². The molecule has 0 fully saturated rings. The normalized spacial score (nSPS) is 11.3. The third-order valence-corrected chi connectivity index (χ3v) is 6.48. The minimum Gasteiger partial charge on any atom is -0.505 e. The van der Waals surface area contributed by atoms with Crippen molar-refractivity contribution in [2.45, 2.75) is 11.8 Å². The molecule has 0 bridgehead atoms. The summed E-state index contributed by atoms with van der Waals surface area (Å²) < 4.78 is 42.9. The molecular weight excluding hydrogens is 521 g/mol. The first-order valence-electron chi connectivity index (χ1n) is 10.9. The maximum atomic E-state index is 13.2. The molecule has 0 heterocycles. The van der Waals surface area contributed by atoms with E-state index < -0.39 is 26.7 Å². The van der Waals surface area contributed by atoms with E-state index in [0.717, 1.165) is 17.7 Å². The summed E-state index contributed by atoms with van der Waals surface area (Å²) in [5.74, 6) is -0.168. The Morgan fingerprint density at radius 3 is 2.34 bits per heavy atom. The van der Waals surface area contributed by atoms with Crippen molar-refractivity contribution in [2.75, 3.05) is 19.5 Å². The molecule has 0 aliphatic heterocycles. The number of anilines is 1. The first kappa shape index (κ1) is 29.1. The van der Waals surface area contributed by atoms with E-state index in [-0.39, 0.29) is 52.2 Å². The SMILES string of the molecule is COc1ccc(NC(=O)c2cc3ccccc3c(N=Nc3cc(S(=O)(=O)O)ccc3OC)c2O)c(C)c1.[Na]. The van der Waals surface area contributed by atoms with E-state index in [2.05, 4.69) is 15.5 Å². The number of carbonyl (C=O) groups excluding carboxylic acids is 1. The van der Waals surface area contributed by atoms with Gasteiger partial charge < -0.3 is 19.9 Å². The number of hydrogen-bond donors (Lipinski definition) is 3. The molecular formula is C26H23N3NaO7S. The number of benzene rings is 4. The van der Waals surface area contributed by atoms with Crippen LogP contribution in [-0.4, -0.2) is 67.8 Å². The summed E-state index contributed by atoms with van der Waals surface area (Å²) in [6, 6.07) is 17.2. The van der Waals surface area contributed by atoms with Crippen LogP contribution < -0.4 is 14.8 Å². The van der Waals surface area contributed by atoms with Crippen molar-refractivity contribution in [1.82, 2.24) is 0 Å². The Morgan fingerprint density at radius 2 is 1.68 bits per heavy atom. The molecule has 4 aromatic carbocycles. The molecule has 0 aliphatic rings. The fraction of sp³-hybridized carbons (Fsp3) is 0.115. The van der Waals surface area contributed by atoms with E-state index >= 15 is 0 Å².